The molecule has 1 amide bonds. The van der Waals surface area contributed by atoms with E-state index in [9.17, 15) is 4.79 Å². The lowest BCUT2D eigenvalue weighted by Crippen LogP contribution is -2.35. The van der Waals surface area contributed by atoms with E-state index in [4.69, 9.17) is 0 Å². The Morgan fingerprint density at radius 1 is 1.24 bits per heavy atom. The molecule has 2 heteroatoms. The van der Waals surface area contributed by atoms with Crippen LogP contribution in [-0.2, 0) is 6.42 Å². The lowest BCUT2D eigenvalue weighted by atomic mass is 9.74. The number of benzene rings is 1. The van der Waals surface area contributed by atoms with Gasteiger partial charge in [-0.2, -0.15) is 0 Å². The largest absolute Gasteiger partial charge is 0.351 e. The molecule has 1 N–H and O–H groups in total. The molecule has 17 heavy (non-hydrogen) atoms. The van der Waals surface area contributed by atoms with Crippen molar-refractivity contribution in [2.24, 2.45) is 5.41 Å². The number of amides is 1. The fourth-order valence-electron chi connectivity index (χ4n) is 2.97. The SMILES string of the molecule is O=C1NCC2(C=CCCC2)Cc2ccccc21. The fourth-order valence-corrected chi connectivity index (χ4v) is 2.97. The van der Waals surface area contributed by atoms with Crippen molar-refractivity contribution in [3.05, 3.63) is 47.5 Å². The minimum Gasteiger partial charge on any atom is -0.351 e. The highest BCUT2D eigenvalue weighted by Gasteiger charge is 2.33. The quantitative estimate of drug-likeness (QED) is 0.678. The Labute approximate surface area is 102 Å². The van der Waals surface area contributed by atoms with Gasteiger partial charge in [-0.1, -0.05) is 30.4 Å². The Hall–Kier alpha value is -1.57. The summed E-state index contributed by atoms with van der Waals surface area (Å²) in [6.45, 7) is 0.775. The summed E-state index contributed by atoms with van der Waals surface area (Å²) >= 11 is 0. The van der Waals surface area contributed by atoms with E-state index in [2.05, 4.69) is 23.5 Å². The minimum absolute atomic E-state index is 0.0800. The first-order valence-electron chi connectivity index (χ1n) is 6.33. The highest BCUT2D eigenvalue weighted by molar-refractivity contribution is 5.96. The van der Waals surface area contributed by atoms with Crippen LogP contribution in [0.3, 0.4) is 0 Å². The topological polar surface area (TPSA) is 29.1 Å². The molecule has 0 saturated carbocycles. The van der Waals surface area contributed by atoms with Crippen molar-refractivity contribution < 1.29 is 4.79 Å². The first-order chi connectivity index (χ1) is 8.29. The van der Waals surface area contributed by atoms with E-state index in [1.54, 1.807) is 0 Å². The molecule has 0 aromatic heterocycles. The number of allylic oxidation sites excluding steroid dienone is 1. The van der Waals surface area contributed by atoms with E-state index in [0.717, 1.165) is 18.5 Å². The summed E-state index contributed by atoms with van der Waals surface area (Å²) in [6, 6.07) is 7.98. The molecule has 1 unspecified atom stereocenters. The molecular weight excluding hydrogens is 210 g/mol. The van der Waals surface area contributed by atoms with Gasteiger partial charge in [-0.05, 0) is 37.3 Å². The van der Waals surface area contributed by atoms with Crippen LogP contribution in [0.4, 0.5) is 0 Å². The van der Waals surface area contributed by atoms with Crippen LogP contribution in [-0.4, -0.2) is 12.5 Å². The van der Waals surface area contributed by atoms with Gasteiger partial charge in [-0.3, -0.25) is 4.79 Å². The van der Waals surface area contributed by atoms with Gasteiger partial charge < -0.3 is 5.32 Å². The molecule has 2 nitrogen and oxygen atoms in total. The van der Waals surface area contributed by atoms with Crippen molar-refractivity contribution in [3.63, 3.8) is 0 Å². The van der Waals surface area contributed by atoms with E-state index in [0.29, 0.717) is 0 Å². The second-order valence-electron chi connectivity index (χ2n) is 5.17. The maximum Gasteiger partial charge on any atom is 0.251 e. The summed E-state index contributed by atoms with van der Waals surface area (Å²) in [5.41, 5.74) is 2.19. The third-order valence-electron chi connectivity index (χ3n) is 3.92. The van der Waals surface area contributed by atoms with E-state index in [-0.39, 0.29) is 11.3 Å². The summed E-state index contributed by atoms with van der Waals surface area (Å²) in [5, 5.41) is 3.07. The van der Waals surface area contributed by atoms with E-state index in [1.165, 1.54) is 24.8 Å². The summed E-state index contributed by atoms with van der Waals surface area (Å²) in [7, 11) is 0. The van der Waals surface area contributed by atoms with Gasteiger partial charge in [0, 0.05) is 17.5 Å². The van der Waals surface area contributed by atoms with Crippen LogP contribution in [0, 0.1) is 5.41 Å². The molecule has 2 aliphatic rings. The Morgan fingerprint density at radius 3 is 2.94 bits per heavy atom. The van der Waals surface area contributed by atoms with Crippen molar-refractivity contribution in [1.29, 1.82) is 0 Å². The molecule has 0 saturated heterocycles. The first-order valence-corrected chi connectivity index (χ1v) is 6.33. The number of carbonyl (C=O) groups is 1. The molecule has 1 aromatic carbocycles. The van der Waals surface area contributed by atoms with Crippen LogP contribution in [0.25, 0.3) is 0 Å². The van der Waals surface area contributed by atoms with Gasteiger partial charge in [0.1, 0.15) is 0 Å². The smallest absolute Gasteiger partial charge is 0.251 e. The van der Waals surface area contributed by atoms with Crippen LogP contribution in [0.15, 0.2) is 36.4 Å². The molecular formula is C15H17NO. The van der Waals surface area contributed by atoms with Crippen LogP contribution in [0.1, 0.15) is 35.2 Å². The molecule has 1 atom stereocenters. The van der Waals surface area contributed by atoms with Gasteiger partial charge in [0.25, 0.3) is 5.91 Å². The predicted octanol–water partition coefficient (Wildman–Crippen LogP) is 2.70. The Balaban J connectivity index is 2.02. The summed E-state index contributed by atoms with van der Waals surface area (Å²) in [4.78, 5) is 12.0. The zero-order valence-electron chi connectivity index (χ0n) is 9.91. The second kappa shape index (κ2) is 4.02. The number of nitrogens with one attached hydrogen (secondary N) is 1. The Morgan fingerprint density at radius 2 is 2.12 bits per heavy atom. The first kappa shape index (κ1) is 10.6. The highest BCUT2D eigenvalue weighted by atomic mass is 16.1. The van der Waals surface area contributed by atoms with Gasteiger partial charge in [-0.25, -0.2) is 0 Å². The Kier molecular flexibility index (Phi) is 2.50. The third kappa shape index (κ3) is 1.88. The zero-order chi connectivity index (χ0) is 11.7. The number of carbonyl (C=O) groups excluding carboxylic acids is 1. The van der Waals surface area contributed by atoms with E-state index >= 15 is 0 Å². The molecule has 1 aliphatic heterocycles. The fraction of sp³-hybridized carbons (Fsp3) is 0.400. The minimum atomic E-state index is 0.0800. The summed E-state index contributed by atoms with van der Waals surface area (Å²) < 4.78 is 0. The van der Waals surface area contributed by atoms with Crippen LogP contribution < -0.4 is 5.32 Å². The second-order valence-corrected chi connectivity index (χ2v) is 5.17. The average Bonchev–Trinajstić information content (AvgIpc) is 2.50. The number of fused-ring (bicyclic) bond motifs is 1. The third-order valence-corrected chi connectivity index (χ3v) is 3.92. The zero-order valence-corrected chi connectivity index (χ0v) is 9.91. The van der Waals surface area contributed by atoms with Gasteiger partial charge in [0.15, 0.2) is 0 Å². The lowest BCUT2D eigenvalue weighted by molar-refractivity contribution is 0.0944. The predicted molar refractivity (Wildman–Crippen MR) is 67.9 cm³/mol. The molecule has 1 aromatic rings. The van der Waals surface area contributed by atoms with Crippen LogP contribution in [0.5, 0.6) is 0 Å². The molecule has 0 radical (unpaired) electrons. The normalized spacial score (nSPS) is 27.4. The van der Waals surface area contributed by atoms with Crippen molar-refractivity contribution in [3.8, 4) is 0 Å². The van der Waals surface area contributed by atoms with Gasteiger partial charge in [0.2, 0.25) is 0 Å². The van der Waals surface area contributed by atoms with Crippen molar-refractivity contribution in [1.82, 2.24) is 5.32 Å². The van der Waals surface area contributed by atoms with E-state index in [1.807, 2.05) is 18.2 Å². The molecule has 0 fully saturated rings. The van der Waals surface area contributed by atoms with Crippen molar-refractivity contribution in [2.75, 3.05) is 6.54 Å². The number of hydrogen-bond donors (Lipinski definition) is 1. The van der Waals surface area contributed by atoms with E-state index < -0.39 is 0 Å². The van der Waals surface area contributed by atoms with Gasteiger partial charge in [-0.15, -0.1) is 0 Å². The highest BCUT2D eigenvalue weighted by Crippen LogP contribution is 2.36. The Bertz CT molecular complexity index is 478. The summed E-state index contributed by atoms with van der Waals surface area (Å²) in [5.74, 6) is 0.0800. The maximum absolute atomic E-state index is 12.0. The molecule has 3 rings (SSSR count). The lowest BCUT2D eigenvalue weighted by Gasteiger charge is -2.32. The molecule has 1 spiro atoms. The summed E-state index contributed by atoms with van der Waals surface area (Å²) in [6.07, 6.45) is 9.16. The number of hydrogen-bond acceptors (Lipinski definition) is 1. The standard InChI is InChI=1S/C15H17NO/c17-14-13-7-3-2-6-12(13)10-15(11-16-14)8-4-1-5-9-15/h2-4,6-8H,1,5,9-11H2,(H,16,17). The molecule has 88 valence electrons. The molecule has 1 aliphatic carbocycles. The van der Waals surface area contributed by atoms with Gasteiger partial charge >= 0.3 is 0 Å². The number of rotatable bonds is 0. The van der Waals surface area contributed by atoms with Gasteiger partial charge in [0.05, 0.1) is 0 Å². The maximum atomic E-state index is 12.0. The average molecular weight is 227 g/mol. The monoisotopic (exact) mass is 227 g/mol. The van der Waals surface area contributed by atoms with Crippen LogP contribution in [0.2, 0.25) is 0 Å². The van der Waals surface area contributed by atoms with Crippen molar-refractivity contribution in [2.45, 2.75) is 25.7 Å². The molecule has 0 bridgehead atoms. The van der Waals surface area contributed by atoms with Crippen LogP contribution >= 0.6 is 0 Å². The molecule has 1 heterocycles. The van der Waals surface area contributed by atoms with Crippen molar-refractivity contribution >= 4 is 5.91 Å².